The van der Waals surface area contributed by atoms with Gasteiger partial charge in [-0.3, -0.25) is 14.4 Å². The van der Waals surface area contributed by atoms with E-state index in [4.69, 9.17) is 9.47 Å². The Labute approximate surface area is 293 Å². The standard InChI is InChI=1S/C37H48N6O7/c1-37(2,3)50-36(48)41-29(22-27-23-38-24-42(27)4)34(46)43-20-12-17-31(43)33(45)39-28(19-18-25-13-8-6-9-14-25)32(44)40-30(35(47)49-5)21-26-15-10-7-11-16-26/h6-11,13-16,23-24,28-31H,12,17-22H2,1-5H3,(H,39,45)(H,40,44)(H,41,48)/t28-,29-,30+,31+/m0/s1. The highest BCUT2D eigenvalue weighted by Crippen LogP contribution is 2.21. The highest BCUT2D eigenvalue weighted by Gasteiger charge is 2.40. The number of nitrogens with one attached hydrogen (secondary N) is 3. The topological polar surface area (TPSA) is 161 Å². The number of methoxy groups -OCH3 is 1. The Hall–Kier alpha value is -5.20. The second kappa shape index (κ2) is 17.5. The number of esters is 1. The normalized spacial score (nSPS) is 16.1. The zero-order valence-electron chi connectivity index (χ0n) is 29.4. The van der Waals surface area contributed by atoms with Crippen molar-refractivity contribution in [1.82, 2.24) is 30.4 Å². The molecule has 0 spiro atoms. The zero-order chi connectivity index (χ0) is 36.3. The van der Waals surface area contributed by atoms with Crippen LogP contribution in [0.4, 0.5) is 4.79 Å². The Morgan fingerprint density at radius 2 is 1.54 bits per heavy atom. The largest absolute Gasteiger partial charge is 0.467 e. The van der Waals surface area contributed by atoms with Gasteiger partial charge in [0, 0.05) is 38.3 Å². The van der Waals surface area contributed by atoms with Crippen LogP contribution >= 0.6 is 0 Å². The van der Waals surface area contributed by atoms with E-state index in [9.17, 15) is 24.0 Å². The van der Waals surface area contributed by atoms with E-state index in [1.807, 2.05) is 60.7 Å². The Morgan fingerprint density at radius 1 is 0.880 bits per heavy atom. The van der Waals surface area contributed by atoms with E-state index in [-0.39, 0.29) is 25.8 Å². The third kappa shape index (κ3) is 10.9. The molecule has 2 aromatic carbocycles. The number of amides is 4. The van der Waals surface area contributed by atoms with Gasteiger partial charge < -0.3 is 34.9 Å². The van der Waals surface area contributed by atoms with E-state index in [0.29, 0.717) is 25.0 Å². The Kier molecular flexibility index (Phi) is 13.1. The third-order valence-electron chi connectivity index (χ3n) is 8.44. The maximum atomic E-state index is 14.1. The van der Waals surface area contributed by atoms with E-state index in [0.717, 1.165) is 11.1 Å². The summed E-state index contributed by atoms with van der Waals surface area (Å²) in [4.78, 5) is 73.0. The van der Waals surface area contributed by atoms with Gasteiger partial charge in [0.15, 0.2) is 0 Å². The van der Waals surface area contributed by atoms with Crippen molar-refractivity contribution in [3.05, 3.63) is 90.0 Å². The summed E-state index contributed by atoms with van der Waals surface area (Å²) < 4.78 is 12.2. The summed E-state index contributed by atoms with van der Waals surface area (Å²) in [6.45, 7) is 5.47. The summed E-state index contributed by atoms with van der Waals surface area (Å²) in [7, 11) is 3.04. The van der Waals surface area contributed by atoms with Gasteiger partial charge in [-0.15, -0.1) is 0 Å². The van der Waals surface area contributed by atoms with Crippen molar-refractivity contribution < 1.29 is 33.4 Å². The second-order valence-corrected chi connectivity index (χ2v) is 13.4. The van der Waals surface area contributed by atoms with Gasteiger partial charge >= 0.3 is 12.1 Å². The summed E-state index contributed by atoms with van der Waals surface area (Å²) in [5.74, 6) is -2.11. The fourth-order valence-electron chi connectivity index (χ4n) is 5.89. The van der Waals surface area contributed by atoms with Crippen molar-refractivity contribution >= 4 is 29.8 Å². The molecule has 4 rings (SSSR count). The van der Waals surface area contributed by atoms with Crippen molar-refractivity contribution in [2.45, 2.75) is 89.1 Å². The first-order valence-corrected chi connectivity index (χ1v) is 16.9. The molecule has 0 radical (unpaired) electrons. The number of imidazole rings is 1. The predicted octanol–water partition coefficient (Wildman–Crippen LogP) is 2.87. The average molecular weight is 689 g/mol. The van der Waals surface area contributed by atoms with Gasteiger partial charge in [0.25, 0.3) is 0 Å². The molecule has 1 aliphatic rings. The molecule has 268 valence electrons. The molecule has 2 heterocycles. The Morgan fingerprint density at radius 3 is 2.14 bits per heavy atom. The van der Waals surface area contributed by atoms with Crippen molar-refractivity contribution in [2.75, 3.05) is 13.7 Å². The van der Waals surface area contributed by atoms with Gasteiger partial charge in [-0.25, -0.2) is 14.6 Å². The number of aromatic nitrogens is 2. The van der Waals surface area contributed by atoms with Crippen LogP contribution in [0.2, 0.25) is 0 Å². The number of carbonyl (C=O) groups is 5. The molecule has 13 heteroatoms. The minimum atomic E-state index is -1.04. The molecule has 50 heavy (non-hydrogen) atoms. The van der Waals surface area contributed by atoms with Gasteiger partial charge in [0.05, 0.1) is 13.4 Å². The van der Waals surface area contributed by atoms with Crippen LogP contribution in [0.5, 0.6) is 0 Å². The number of nitrogens with zero attached hydrogens (tertiary/aromatic N) is 3. The lowest BCUT2D eigenvalue weighted by atomic mass is 10.0. The van der Waals surface area contributed by atoms with Crippen LogP contribution in [-0.2, 0) is 55.0 Å². The van der Waals surface area contributed by atoms with Crippen molar-refractivity contribution in [3.63, 3.8) is 0 Å². The van der Waals surface area contributed by atoms with Gasteiger partial charge in [0.2, 0.25) is 17.7 Å². The molecular formula is C37H48N6O7. The van der Waals surface area contributed by atoms with E-state index in [1.165, 1.54) is 12.0 Å². The minimum Gasteiger partial charge on any atom is -0.467 e. The van der Waals surface area contributed by atoms with E-state index >= 15 is 0 Å². The lowest BCUT2D eigenvalue weighted by Crippen LogP contribution is -2.58. The van der Waals surface area contributed by atoms with Gasteiger partial charge in [-0.1, -0.05) is 60.7 Å². The average Bonchev–Trinajstić information content (AvgIpc) is 3.74. The molecule has 0 saturated carbocycles. The number of aryl methyl sites for hydroxylation is 2. The molecule has 13 nitrogen and oxygen atoms in total. The quantitative estimate of drug-likeness (QED) is 0.218. The number of benzene rings is 2. The molecule has 1 saturated heterocycles. The first kappa shape index (κ1) is 37.6. The summed E-state index contributed by atoms with van der Waals surface area (Å²) in [6.07, 6.45) is 4.41. The fraction of sp³-hybridized carbons (Fsp3) is 0.459. The first-order chi connectivity index (χ1) is 23.8. The highest BCUT2D eigenvalue weighted by atomic mass is 16.6. The Balaban J connectivity index is 1.53. The number of likely N-dealkylation sites (tertiary alicyclic amines) is 1. The van der Waals surface area contributed by atoms with Crippen LogP contribution < -0.4 is 16.0 Å². The molecule has 4 amide bonds. The second-order valence-electron chi connectivity index (χ2n) is 13.4. The van der Waals surface area contributed by atoms with Crippen molar-refractivity contribution in [1.29, 1.82) is 0 Å². The van der Waals surface area contributed by atoms with Crippen molar-refractivity contribution in [2.24, 2.45) is 7.05 Å². The molecule has 0 aliphatic carbocycles. The number of carbonyl (C=O) groups excluding carboxylic acids is 5. The summed E-state index contributed by atoms with van der Waals surface area (Å²) in [5, 5.41) is 8.37. The van der Waals surface area contributed by atoms with Gasteiger partial charge in [-0.2, -0.15) is 0 Å². The zero-order valence-corrected chi connectivity index (χ0v) is 29.4. The lowest BCUT2D eigenvalue weighted by Gasteiger charge is -2.30. The maximum Gasteiger partial charge on any atom is 0.408 e. The molecule has 3 aromatic rings. The number of hydrogen-bond donors (Lipinski definition) is 3. The monoisotopic (exact) mass is 688 g/mol. The van der Waals surface area contributed by atoms with Crippen molar-refractivity contribution in [3.8, 4) is 0 Å². The molecule has 0 unspecified atom stereocenters. The molecule has 3 N–H and O–H groups in total. The minimum absolute atomic E-state index is 0.123. The maximum absolute atomic E-state index is 14.1. The molecule has 1 fully saturated rings. The smallest absolute Gasteiger partial charge is 0.408 e. The fourth-order valence-corrected chi connectivity index (χ4v) is 5.89. The lowest BCUT2D eigenvalue weighted by molar-refractivity contribution is -0.145. The van der Waals surface area contributed by atoms with Crippen LogP contribution in [-0.4, -0.2) is 87.7 Å². The Bertz CT molecular complexity index is 1600. The molecule has 0 bridgehead atoms. The van der Waals surface area contributed by atoms with Crippen LogP contribution in [0, 0.1) is 0 Å². The van der Waals surface area contributed by atoms with Crippen LogP contribution in [0.25, 0.3) is 0 Å². The third-order valence-corrected chi connectivity index (χ3v) is 8.44. The molecule has 1 aliphatic heterocycles. The number of hydrogen-bond acceptors (Lipinski definition) is 8. The van der Waals surface area contributed by atoms with Gasteiger partial charge in [0.1, 0.15) is 29.8 Å². The highest BCUT2D eigenvalue weighted by molar-refractivity contribution is 5.95. The van der Waals surface area contributed by atoms with E-state index in [2.05, 4.69) is 20.9 Å². The predicted molar refractivity (Wildman–Crippen MR) is 186 cm³/mol. The molecule has 4 atom stereocenters. The van der Waals surface area contributed by atoms with E-state index in [1.54, 1.807) is 44.9 Å². The van der Waals surface area contributed by atoms with Crippen LogP contribution in [0.1, 0.15) is 56.9 Å². The van der Waals surface area contributed by atoms with Gasteiger partial charge in [-0.05, 0) is 57.6 Å². The summed E-state index contributed by atoms with van der Waals surface area (Å²) in [6, 6.07) is 14.9. The SMILES string of the molecule is COC(=O)[C@@H](Cc1ccccc1)NC(=O)[C@H](CCc1ccccc1)NC(=O)[C@H]1CCCN1C(=O)[C@H](Cc1cncn1C)NC(=O)OC(C)(C)C. The van der Waals surface area contributed by atoms with Crippen LogP contribution in [0.15, 0.2) is 73.2 Å². The van der Waals surface area contributed by atoms with E-state index < -0.39 is 59.6 Å². The number of ether oxygens (including phenoxy) is 2. The summed E-state index contributed by atoms with van der Waals surface area (Å²) >= 11 is 0. The molecular weight excluding hydrogens is 640 g/mol. The first-order valence-electron chi connectivity index (χ1n) is 16.9. The summed E-state index contributed by atoms with van der Waals surface area (Å²) in [5.41, 5.74) is 1.71. The van der Waals surface area contributed by atoms with Crippen LogP contribution in [0.3, 0.4) is 0 Å². The number of rotatable bonds is 14. The number of alkyl carbamates (subject to hydrolysis) is 1. The molecule has 1 aromatic heterocycles.